The largest absolute Gasteiger partial charge is 0.374 e. The van der Waals surface area contributed by atoms with Crippen molar-refractivity contribution in [2.45, 2.75) is 19.9 Å². The molecular weight excluding hydrogens is 263 g/mol. The zero-order valence-electron chi connectivity index (χ0n) is 12.8. The van der Waals surface area contributed by atoms with E-state index in [4.69, 9.17) is 0 Å². The van der Waals surface area contributed by atoms with Crippen molar-refractivity contribution in [2.75, 3.05) is 25.0 Å². The Hall–Kier alpha value is -1.87. The summed E-state index contributed by atoms with van der Waals surface area (Å²) in [5, 5.41) is 3.23. The number of hydrogen-bond acceptors (Lipinski definition) is 2. The molecule has 2 rings (SSSR count). The number of nitrogens with zero attached hydrogens (tertiary/aromatic N) is 1. The zero-order chi connectivity index (χ0) is 15.1. The van der Waals surface area contributed by atoms with Crippen LogP contribution in [0.25, 0.3) is 0 Å². The Morgan fingerprint density at radius 3 is 2.52 bits per heavy atom. The lowest BCUT2D eigenvalue weighted by Crippen LogP contribution is -2.21. The summed E-state index contributed by atoms with van der Waals surface area (Å²) in [6, 6.07) is 15.6. The van der Waals surface area contributed by atoms with Crippen LogP contribution in [0.3, 0.4) is 0 Å². The van der Waals surface area contributed by atoms with Crippen LogP contribution >= 0.6 is 0 Å². The number of halogens is 1. The second-order valence-corrected chi connectivity index (χ2v) is 5.26. The summed E-state index contributed by atoms with van der Waals surface area (Å²) in [6.07, 6.45) is 0.955. The molecule has 0 bridgehead atoms. The number of nitrogens with one attached hydrogen (secondary N) is 1. The van der Waals surface area contributed by atoms with E-state index in [1.165, 1.54) is 5.56 Å². The van der Waals surface area contributed by atoms with Crippen LogP contribution in [0.4, 0.5) is 10.1 Å². The molecule has 0 fully saturated rings. The predicted octanol–water partition coefficient (Wildman–Crippen LogP) is 3.61. The standard InChI is InChI=1S/C18H23FN2/c1-3-20-14-16-11-17(19)13-18(12-16)21(2)10-9-15-7-5-4-6-8-15/h4-8,11-13,20H,3,9-10,14H2,1-2H3. The summed E-state index contributed by atoms with van der Waals surface area (Å²) in [7, 11) is 2.01. The van der Waals surface area contributed by atoms with Gasteiger partial charge in [-0.1, -0.05) is 37.3 Å². The molecule has 0 unspecified atom stereocenters. The Bertz CT molecular complexity index is 554. The average molecular weight is 286 g/mol. The molecule has 0 aromatic heterocycles. The molecule has 1 N–H and O–H groups in total. The minimum atomic E-state index is -0.174. The first-order valence-corrected chi connectivity index (χ1v) is 7.44. The fourth-order valence-corrected chi connectivity index (χ4v) is 2.30. The molecule has 0 heterocycles. The van der Waals surface area contributed by atoms with E-state index >= 15 is 0 Å². The third kappa shape index (κ3) is 4.87. The van der Waals surface area contributed by atoms with E-state index in [1.807, 2.05) is 32.2 Å². The van der Waals surface area contributed by atoms with Crippen molar-refractivity contribution < 1.29 is 4.39 Å². The van der Waals surface area contributed by atoms with Crippen molar-refractivity contribution in [3.63, 3.8) is 0 Å². The Morgan fingerprint density at radius 2 is 1.81 bits per heavy atom. The van der Waals surface area contributed by atoms with Crippen molar-refractivity contribution in [2.24, 2.45) is 0 Å². The predicted molar refractivity (Wildman–Crippen MR) is 87.2 cm³/mol. The second-order valence-electron chi connectivity index (χ2n) is 5.26. The normalized spacial score (nSPS) is 10.6. The van der Waals surface area contributed by atoms with E-state index in [0.717, 1.165) is 30.8 Å². The maximum atomic E-state index is 13.7. The van der Waals surface area contributed by atoms with Crippen LogP contribution in [0, 0.1) is 5.82 Å². The van der Waals surface area contributed by atoms with Gasteiger partial charge < -0.3 is 10.2 Å². The molecule has 0 aliphatic heterocycles. The van der Waals surface area contributed by atoms with Gasteiger partial charge in [0.2, 0.25) is 0 Å². The number of likely N-dealkylation sites (N-methyl/N-ethyl adjacent to an activating group) is 1. The van der Waals surface area contributed by atoms with E-state index in [2.05, 4.69) is 28.4 Å². The third-order valence-corrected chi connectivity index (χ3v) is 3.54. The molecule has 0 atom stereocenters. The second kappa shape index (κ2) is 7.79. The molecule has 112 valence electrons. The highest BCUT2D eigenvalue weighted by Crippen LogP contribution is 2.18. The average Bonchev–Trinajstić information content (AvgIpc) is 2.51. The van der Waals surface area contributed by atoms with Crippen molar-refractivity contribution in [1.29, 1.82) is 0 Å². The van der Waals surface area contributed by atoms with Gasteiger partial charge in [-0.3, -0.25) is 0 Å². The van der Waals surface area contributed by atoms with E-state index in [1.54, 1.807) is 12.1 Å². The molecule has 0 saturated heterocycles. The topological polar surface area (TPSA) is 15.3 Å². The van der Waals surface area contributed by atoms with Crippen molar-refractivity contribution >= 4 is 5.69 Å². The van der Waals surface area contributed by atoms with Gasteiger partial charge in [-0.25, -0.2) is 4.39 Å². The monoisotopic (exact) mass is 286 g/mol. The molecule has 2 nitrogen and oxygen atoms in total. The van der Waals surface area contributed by atoms with Crippen LogP contribution in [-0.2, 0) is 13.0 Å². The van der Waals surface area contributed by atoms with Crippen LogP contribution in [-0.4, -0.2) is 20.1 Å². The van der Waals surface area contributed by atoms with Crippen molar-refractivity contribution in [3.8, 4) is 0 Å². The van der Waals surface area contributed by atoms with Crippen LogP contribution in [0.2, 0.25) is 0 Å². The van der Waals surface area contributed by atoms with E-state index < -0.39 is 0 Å². The minimum absolute atomic E-state index is 0.174. The number of hydrogen-bond donors (Lipinski definition) is 1. The van der Waals surface area contributed by atoms with E-state index in [0.29, 0.717) is 6.54 Å². The minimum Gasteiger partial charge on any atom is -0.374 e. The highest BCUT2D eigenvalue weighted by atomic mass is 19.1. The lowest BCUT2D eigenvalue weighted by molar-refractivity contribution is 0.621. The molecule has 3 heteroatoms. The van der Waals surface area contributed by atoms with Gasteiger partial charge in [0.1, 0.15) is 5.82 Å². The number of anilines is 1. The maximum absolute atomic E-state index is 13.7. The van der Waals surface area contributed by atoms with Gasteiger partial charge in [0.25, 0.3) is 0 Å². The van der Waals surface area contributed by atoms with Crippen LogP contribution < -0.4 is 10.2 Å². The van der Waals surface area contributed by atoms with Crippen LogP contribution in [0.5, 0.6) is 0 Å². The number of rotatable bonds is 7. The van der Waals surface area contributed by atoms with Crippen LogP contribution in [0.1, 0.15) is 18.1 Å². The highest BCUT2D eigenvalue weighted by Gasteiger charge is 2.06. The van der Waals surface area contributed by atoms with Gasteiger partial charge in [-0.2, -0.15) is 0 Å². The summed E-state index contributed by atoms with van der Waals surface area (Å²) in [6.45, 7) is 4.50. The first kappa shape index (κ1) is 15.5. The Morgan fingerprint density at radius 1 is 1.05 bits per heavy atom. The molecule has 21 heavy (non-hydrogen) atoms. The van der Waals surface area contributed by atoms with Crippen molar-refractivity contribution in [1.82, 2.24) is 5.32 Å². The van der Waals surface area contributed by atoms with E-state index in [-0.39, 0.29) is 5.82 Å². The lowest BCUT2D eigenvalue weighted by Gasteiger charge is -2.20. The Labute approximate surface area is 126 Å². The molecule has 0 aliphatic rings. The number of benzene rings is 2. The van der Waals surface area contributed by atoms with Gasteiger partial charge in [0.15, 0.2) is 0 Å². The maximum Gasteiger partial charge on any atom is 0.125 e. The van der Waals surface area contributed by atoms with Crippen LogP contribution in [0.15, 0.2) is 48.5 Å². The van der Waals surface area contributed by atoms with E-state index in [9.17, 15) is 4.39 Å². The van der Waals surface area contributed by atoms with Gasteiger partial charge >= 0.3 is 0 Å². The Kier molecular flexibility index (Phi) is 5.76. The molecule has 0 aliphatic carbocycles. The Balaban J connectivity index is 2.01. The molecule has 0 spiro atoms. The van der Waals surface area contributed by atoms with Crippen molar-refractivity contribution in [3.05, 3.63) is 65.5 Å². The fraction of sp³-hybridized carbons (Fsp3) is 0.333. The van der Waals surface area contributed by atoms with Gasteiger partial charge in [0, 0.05) is 25.8 Å². The zero-order valence-corrected chi connectivity index (χ0v) is 12.8. The first-order chi connectivity index (χ1) is 10.2. The summed E-state index contributed by atoms with van der Waals surface area (Å²) >= 11 is 0. The molecule has 0 saturated carbocycles. The summed E-state index contributed by atoms with van der Waals surface area (Å²) in [5.41, 5.74) is 3.21. The fourth-order valence-electron chi connectivity index (χ4n) is 2.30. The quantitative estimate of drug-likeness (QED) is 0.836. The highest BCUT2D eigenvalue weighted by molar-refractivity contribution is 5.48. The summed E-state index contributed by atoms with van der Waals surface area (Å²) in [4.78, 5) is 2.10. The smallest absolute Gasteiger partial charge is 0.125 e. The van der Waals surface area contributed by atoms with Gasteiger partial charge in [-0.05, 0) is 42.3 Å². The summed E-state index contributed by atoms with van der Waals surface area (Å²) < 4.78 is 13.7. The molecule has 0 radical (unpaired) electrons. The SMILES string of the molecule is CCNCc1cc(F)cc(N(C)CCc2ccccc2)c1. The first-order valence-electron chi connectivity index (χ1n) is 7.44. The molecule has 2 aromatic carbocycles. The molecule has 0 amide bonds. The lowest BCUT2D eigenvalue weighted by atomic mass is 10.1. The van der Waals surface area contributed by atoms with Gasteiger partial charge in [-0.15, -0.1) is 0 Å². The molecular formula is C18H23FN2. The summed E-state index contributed by atoms with van der Waals surface area (Å²) in [5.74, 6) is -0.174. The van der Waals surface area contributed by atoms with Gasteiger partial charge in [0.05, 0.1) is 0 Å². The molecule has 2 aromatic rings. The third-order valence-electron chi connectivity index (χ3n) is 3.54.